The lowest BCUT2D eigenvalue weighted by atomic mass is 9.97. The van der Waals surface area contributed by atoms with Gasteiger partial charge in [0.1, 0.15) is 12.2 Å². The minimum atomic E-state index is -4.77. The van der Waals surface area contributed by atoms with Gasteiger partial charge in [-0.05, 0) is 47.9 Å². The van der Waals surface area contributed by atoms with Crippen LogP contribution in [0, 0.1) is 0 Å². The molecule has 35 heavy (non-hydrogen) atoms. The molecule has 0 amide bonds. The first kappa shape index (κ1) is 24.5. The van der Waals surface area contributed by atoms with Crippen molar-refractivity contribution in [2.24, 2.45) is 0 Å². The Bertz CT molecular complexity index is 1210. The Balaban J connectivity index is 1.42. The molecular formula is C26H25F3N2O4. The third-order valence-corrected chi connectivity index (χ3v) is 5.94. The average Bonchev–Trinajstić information content (AvgIpc) is 3.43. The van der Waals surface area contributed by atoms with Crippen molar-refractivity contribution in [2.75, 3.05) is 6.61 Å². The van der Waals surface area contributed by atoms with Crippen molar-refractivity contribution in [3.8, 4) is 0 Å². The number of rotatable bonds is 8. The minimum Gasteiger partial charge on any atom is -0.462 e. The number of fused-ring (bicyclic) bond motifs is 1. The SMILES string of the molecule is CCOC(=O)c1cn(Cc2ccc3c(c2)CCC3CC(=O)OCc2ccccc2)nc1C(F)(F)F. The second-order valence-corrected chi connectivity index (χ2v) is 8.43. The number of esters is 2. The first-order chi connectivity index (χ1) is 16.7. The van der Waals surface area contributed by atoms with Gasteiger partial charge in [-0.2, -0.15) is 18.3 Å². The lowest BCUT2D eigenvalue weighted by Crippen LogP contribution is -2.14. The Morgan fingerprint density at radius 1 is 1.09 bits per heavy atom. The molecule has 0 aliphatic heterocycles. The van der Waals surface area contributed by atoms with Crippen molar-refractivity contribution in [1.29, 1.82) is 0 Å². The van der Waals surface area contributed by atoms with E-state index in [1.807, 2.05) is 48.5 Å². The van der Waals surface area contributed by atoms with Crippen molar-refractivity contribution >= 4 is 11.9 Å². The number of carbonyl (C=O) groups is 2. The molecule has 9 heteroatoms. The van der Waals surface area contributed by atoms with Crippen molar-refractivity contribution in [3.63, 3.8) is 0 Å². The molecule has 0 spiro atoms. The number of aromatic nitrogens is 2. The predicted molar refractivity (Wildman–Crippen MR) is 121 cm³/mol. The van der Waals surface area contributed by atoms with Crippen LogP contribution < -0.4 is 0 Å². The van der Waals surface area contributed by atoms with E-state index in [4.69, 9.17) is 9.47 Å². The second-order valence-electron chi connectivity index (χ2n) is 8.43. The van der Waals surface area contributed by atoms with E-state index < -0.39 is 23.4 Å². The first-order valence-corrected chi connectivity index (χ1v) is 11.4. The van der Waals surface area contributed by atoms with Crippen LogP contribution in [-0.2, 0) is 40.0 Å². The third kappa shape index (κ3) is 5.90. The Morgan fingerprint density at radius 3 is 2.57 bits per heavy atom. The lowest BCUT2D eigenvalue weighted by molar-refractivity contribution is -0.145. The molecule has 0 saturated carbocycles. The standard InChI is InChI=1S/C26H25F3N2O4/c1-2-34-25(33)22-15-31(30-24(22)26(27,28)29)14-18-8-11-21-19(12-18)9-10-20(21)13-23(32)35-16-17-6-4-3-5-7-17/h3-8,11-12,15,20H,2,9-10,13-14,16H2,1H3. The maximum absolute atomic E-state index is 13.4. The number of nitrogens with zero attached hydrogens (tertiary/aromatic N) is 2. The summed E-state index contributed by atoms with van der Waals surface area (Å²) in [5, 5.41) is 3.60. The number of halogens is 3. The van der Waals surface area contributed by atoms with Crippen LogP contribution in [0.4, 0.5) is 13.2 Å². The van der Waals surface area contributed by atoms with Crippen molar-refractivity contribution in [2.45, 2.75) is 51.4 Å². The maximum Gasteiger partial charge on any atom is 0.436 e. The highest BCUT2D eigenvalue weighted by Crippen LogP contribution is 2.37. The number of alkyl halides is 3. The molecule has 1 aliphatic rings. The number of ether oxygens (including phenoxy) is 2. The summed E-state index contributed by atoms with van der Waals surface area (Å²) < 4.78 is 51.3. The number of hydrogen-bond acceptors (Lipinski definition) is 5. The molecule has 3 aromatic rings. The van der Waals surface area contributed by atoms with Crippen LogP contribution in [0.3, 0.4) is 0 Å². The van der Waals surface area contributed by atoms with Gasteiger partial charge in [0, 0.05) is 6.20 Å². The van der Waals surface area contributed by atoms with Crippen LogP contribution in [0.5, 0.6) is 0 Å². The zero-order valence-electron chi connectivity index (χ0n) is 19.2. The second kappa shape index (κ2) is 10.3. The number of aryl methyl sites for hydroxylation is 1. The fourth-order valence-electron chi connectivity index (χ4n) is 4.32. The molecular weight excluding hydrogens is 461 g/mol. The smallest absolute Gasteiger partial charge is 0.436 e. The van der Waals surface area contributed by atoms with Crippen LogP contribution in [0.25, 0.3) is 0 Å². The Labute approximate surface area is 200 Å². The topological polar surface area (TPSA) is 70.4 Å². The average molecular weight is 486 g/mol. The molecule has 4 rings (SSSR count). The summed E-state index contributed by atoms with van der Waals surface area (Å²) in [7, 11) is 0. The molecule has 0 bridgehead atoms. The van der Waals surface area contributed by atoms with Crippen LogP contribution in [0.15, 0.2) is 54.7 Å². The summed E-state index contributed by atoms with van der Waals surface area (Å²) >= 11 is 0. The quantitative estimate of drug-likeness (QED) is 0.405. The van der Waals surface area contributed by atoms with Gasteiger partial charge in [-0.1, -0.05) is 48.5 Å². The summed E-state index contributed by atoms with van der Waals surface area (Å²) in [5.41, 5.74) is 1.92. The first-order valence-electron chi connectivity index (χ1n) is 11.4. The number of hydrogen-bond donors (Lipinski definition) is 0. The molecule has 0 fully saturated rings. The van der Waals surface area contributed by atoms with E-state index >= 15 is 0 Å². The van der Waals surface area contributed by atoms with Crippen LogP contribution in [-0.4, -0.2) is 28.3 Å². The van der Waals surface area contributed by atoms with Gasteiger partial charge in [-0.3, -0.25) is 9.48 Å². The van der Waals surface area contributed by atoms with Crippen LogP contribution in [0.2, 0.25) is 0 Å². The molecule has 1 atom stereocenters. The van der Waals surface area contributed by atoms with Gasteiger partial charge < -0.3 is 9.47 Å². The van der Waals surface area contributed by atoms with Crippen LogP contribution >= 0.6 is 0 Å². The molecule has 6 nitrogen and oxygen atoms in total. The Morgan fingerprint density at radius 2 is 1.86 bits per heavy atom. The summed E-state index contributed by atoms with van der Waals surface area (Å²) in [6.07, 6.45) is -1.86. The fourth-order valence-corrected chi connectivity index (χ4v) is 4.32. The van der Waals surface area contributed by atoms with E-state index in [9.17, 15) is 22.8 Å². The largest absolute Gasteiger partial charge is 0.462 e. The third-order valence-electron chi connectivity index (χ3n) is 5.94. The van der Waals surface area contributed by atoms with Gasteiger partial charge in [-0.15, -0.1) is 0 Å². The Kier molecular flexibility index (Phi) is 7.23. The van der Waals surface area contributed by atoms with Crippen LogP contribution in [0.1, 0.15) is 64.0 Å². The zero-order valence-corrected chi connectivity index (χ0v) is 19.2. The van der Waals surface area contributed by atoms with Gasteiger partial charge in [0.25, 0.3) is 0 Å². The number of carbonyl (C=O) groups excluding carboxylic acids is 2. The normalized spacial score (nSPS) is 15.0. The summed E-state index contributed by atoms with van der Waals surface area (Å²) in [4.78, 5) is 24.3. The highest BCUT2D eigenvalue weighted by atomic mass is 19.4. The van der Waals surface area contributed by atoms with Gasteiger partial charge >= 0.3 is 18.1 Å². The molecule has 1 aromatic heterocycles. The van der Waals surface area contributed by atoms with Crippen molar-refractivity contribution in [3.05, 3.63) is 88.2 Å². The van der Waals surface area contributed by atoms with E-state index in [1.165, 1.54) is 6.92 Å². The summed E-state index contributed by atoms with van der Waals surface area (Å²) in [6.45, 7) is 1.79. The van der Waals surface area contributed by atoms with E-state index in [0.29, 0.717) is 0 Å². The van der Waals surface area contributed by atoms with Gasteiger partial charge in [-0.25, -0.2) is 4.79 Å². The van der Waals surface area contributed by atoms with Gasteiger partial charge in [0.15, 0.2) is 5.69 Å². The molecule has 0 saturated heterocycles. The van der Waals surface area contributed by atoms with E-state index in [-0.39, 0.29) is 38.1 Å². The highest BCUT2D eigenvalue weighted by molar-refractivity contribution is 5.90. The maximum atomic E-state index is 13.4. The van der Waals surface area contributed by atoms with Gasteiger partial charge in [0.05, 0.1) is 19.6 Å². The van der Waals surface area contributed by atoms with E-state index in [2.05, 4.69) is 5.10 Å². The highest BCUT2D eigenvalue weighted by Gasteiger charge is 2.39. The van der Waals surface area contributed by atoms with E-state index in [0.717, 1.165) is 46.0 Å². The molecule has 1 heterocycles. The molecule has 0 N–H and O–H groups in total. The molecule has 1 aliphatic carbocycles. The van der Waals surface area contributed by atoms with Gasteiger partial charge in [0.2, 0.25) is 0 Å². The van der Waals surface area contributed by atoms with E-state index in [1.54, 1.807) is 0 Å². The molecule has 1 unspecified atom stereocenters. The molecule has 2 aromatic carbocycles. The monoisotopic (exact) mass is 486 g/mol. The minimum absolute atomic E-state index is 0.0346. The van der Waals surface area contributed by atoms with Crippen molar-refractivity contribution in [1.82, 2.24) is 9.78 Å². The molecule has 0 radical (unpaired) electrons. The zero-order chi connectivity index (χ0) is 25.0. The summed E-state index contributed by atoms with van der Waals surface area (Å²) in [6, 6.07) is 15.1. The fraction of sp³-hybridized carbons (Fsp3) is 0.346. The van der Waals surface area contributed by atoms with Crippen molar-refractivity contribution < 1.29 is 32.2 Å². The molecule has 184 valence electrons. The lowest BCUT2D eigenvalue weighted by Gasteiger charge is -2.12. The Hall–Kier alpha value is -3.62. The number of benzene rings is 2. The predicted octanol–water partition coefficient (Wildman–Crippen LogP) is 5.29. The summed E-state index contributed by atoms with van der Waals surface area (Å²) in [5.74, 6) is -1.28.